The van der Waals surface area contributed by atoms with Crippen molar-refractivity contribution < 1.29 is 18.3 Å². The van der Waals surface area contributed by atoms with Gasteiger partial charge >= 0.3 is 0 Å². The zero-order valence-corrected chi connectivity index (χ0v) is 15.4. The quantitative estimate of drug-likeness (QED) is 0.659. The summed E-state index contributed by atoms with van der Waals surface area (Å²) in [6.07, 6.45) is 0. The number of carbonyl (C=O) groups excluding carboxylic acids is 1. The Kier molecular flexibility index (Phi) is 3.48. The molecule has 0 spiro atoms. The van der Waals surface area contributed by atoms with Gasteiger partial charge in [-0.15, -0.1) is 0 Å². The van der Waals surface area contributed by atoms with Gasteiger partial charge in [0.15, 0.2) is 15.6 Å². The van der Waals surface area contributed by atoms with Crippen LogP contribution in [-0.4, -0.2) is 19.3 Å². The van der Waals surface area contributed by atoms with Gasteiger partial charge in [0, 0.05) is 16.7 Å². The van der Waals surface area contributed by atoms with Crippen molar-refractivity contribution in [1.82, 2.24) is 0 Å². The molecule has 2 N–H and O–H groups in total. The number of hydrogen-bond donors (Lipinski definition) is 2. The maximum Gasteiger partial charge on any atom is 0.193 e. The zero-order chi connectivity index (χ0) is 19.5. The van der Waals surface area contributed by atoms with E-state index < -0.39 is 15.1 Å². The lowest BCUT2D eigenvalue weighted by Gasteiger charge is -2.18. The van der Waals surface area contributed by atoms with Crippen LogP contribution in [0.4, 0.5) is 5.69 Å². The van der Waals surface area contributed by atoms with Crippen LogP contribution in [-0.2, 0) is 9.84 Å². The lowest BCUT2D eigenvalue weighted by molar-refractivity contribution is 0.103. The third kappa shape index (κ3) is 2.25. The monoisotopic (exact) mass is 389 g/mol. The zero-order valence-electron chi connectivity index (χ0n) is 14.6. The van der Waals surface area contributed by atoms with Crippen LogP contribution < -0.4 is 5.32 Å². The lowest BCUT2D eigenvalue weighted by Crippen LogP contribution is -2.19. The van der Waals surface area contributed by atoms with Crippen LogP contribution in [0.2, 0.25) is 0 Å². The van der Waals surface area contributed by atoms with Crippen molar-refractivity contribution in [3.8, 4) is 5.75 Å². The van der Waals surface area contributed by atoms with Gasteiger partial charge in [-0.05, 0) is 29.8 Å². The van der Waals surface area contributed by atoms with Crippen molar-refractivity contribution in [2.75, 3.05) is 5.32 Å². The molecule has 5 rings (SSSR count). The second-order valence-corrected chi connectivity index (χ2v) is 8.81. The van der Waals surface area contributed by atoms with E-state index in [9.17, 15) is 18.3 Å². The summed E-state index contributed by atoms with van der Waals surface area (Å²) < 4.78 is 27.3. The van der Waals surface area contributed by atoms with E-state index in [1.54, 1.807) is 42.5 Å². The number of fused-ring (bicyclic) bond motifs is 3. The minimum absolute atomic E-state index is 0.0525. The van der Waals surface area contributed by atoms with Gasteiger partial charge in [-0.2, -0.15) is 0 Å². The van der Waals surface area contributed by atoms with Crippen LogP contribution in [0, 0.1) is 0 Å². The van der Waals surface area contributed by atoms with E-state index in [-0.39, 0.29) is 22.0 Å². The fourth-order valence-electron chi connectivity index (χ4n) is 3.96. The topological polar surface area (TPSA) is 83.5 Å². The molecule has 0 fully saturated rings. The molecule has 1 aliphatic heterocycles. The van der Waals surface area contributed by atoms with E-state index in [0.29, 0.717) is 28.1 Å². The molecule has 0 radical (unpaired) electrons. The molecule has 28 heavy (non-hydrogen) atoms. The average Bonchev–Trinajstić information content (AvgIpc) is 2.89. The highest BCUT2D eigenvalue weighted by molar-refractivity contribution is 7.92. The largest absolute Gasteiger partial charge is 0.508 e. The van der Waals surface area contributed by atoms with Gasteiger partial charge in [-0.25, -0.2) is 8.42 Å². The van der Waals surface area contributed by atoms with E-state index >= 15 is 0 Å². The van der Waals surface area contributed by atoms with Gasteiger partial charge in [0.1, 0.15) is 11.0 Å². The van der Waals surface area contributed by atoms with Crippen molar-refractivity contribution >= 4 is 27.0 Å². The summed E-state index contributed by atoms with van der Waals surface area (Å²) in [6, 6.07) is 19.8. The van der Waals surface area contributed by atoms with Gasteiger partial charge in [0.25, 0.3) is 0 Å². The van der Waals surface area contributed by atoms with Crippen molar-refractivity contribution in [2.45, 2.75) is 10.1 Å². The third-order valence-electron chi connectivity index (χ3n) is 5.15. The maximum atomic E-state index is 13.7. The summed E-state index contributed by atoms with van der Waals surface area (Å²) in [7, 11) is -3.95. The number of nitrogens with one attached hydrogen (secondary N) is 1. The minimum Gasteiger partial charge on any atom is -0.508 e. The smallest absolute Gasteiger partial charge is 0.193 e. The Morgan fingerprint density at radius 1 is 0.857 bits per heavy atom. The summed E-state index contributed by atoms with van der Waals surface area (Å²) in [5.41, 5.74) is 2.62. The molecule has 0 aromatic heterocycles. The SMILES string of the molecule is O=C1C2=C(Nc3ccccc3S(=O)(=O)C2c2cccc(O)c2)c2ccccc21. The molecule has 3 aromatic carbocycles. The number of anilines is 1. The molecular formula is C22H15NO4S. The number of phenolic OH excluding ortho intramolecular Hbond substituents is 1. The van der Waals surface area contributed by atoms with E-state index in [1.165, 1.54) is 18.2 Å². The molecule has 1 unspecified atom stereocenters. The number of hydrogen-bond acceptors (Lipinski definition) is 5. The number of phenols is 1. The van der Waals surface area contributed by atoms with Crippen LogP contribution in [0.25, 0.3) is 5.70 Å². The fourth-order valence-corrected chi connectivity index (χ4v) is 5.94. The Morgan fingerprint density at radius 3 is 2.36 bits per heavy atom. The van der Waals surface area contributed by atoms with E-state index in [1.807, 2.05) is 12.1 Å². The molecule has 3 aromatic rings. The first-order valence-corrected chi connectivity index (χ1v) is 10.3. The molecule has 0 amide bonds. The molecular weight excluding hydrogens is 374 g/mol. The highest BCUT2D eigenvalue weighted by Crippen LogP contribution is 2.49. The predicted molar refractivity (Wildman–Crippen MR) is 106 cm³/mol. The van der Waals surface area contributed by atoms with Gasteiger partial charge in [-0.1, -0.05) is 48.5 Å². The molecule has 6 heteroatoms. The second kappa shape index (κ2) is 5.81. The lowest BCUT2D eigenvalue weighted by atomic mass is 10.0. The minimum atomic E-state index is -3.95. The Labute approximate surface area is 161 Å². The first-order valence-electron chi connectivity index (χ1n) is 8.75. The molecule has 0 saturated heterocycles. The van der Waals surface area contributed by atoms with Crippen molar-refractivity contribution in [3.63, 3.8) is 0 Å². The van der Waals surface area contributed by atoms with Crippen LogP contribution in [0.1, 0.15) is 26.7 Å². The van der Waals surface area contributed by atoms with Gasteiger partial charge < -0.3 is 10.4 Å². The fraction of sp³-hybridized carbons (Fsp3) is 0.0455. The number of carbonyl (C=O) groups is 1. The van der Waals surface area contributed by atoms with Gasteiger partial charge in [0.2, 0.25) is 0 Å². The molecule has 138 valence electrons. The van der Waals surface area contributed by atoms with E-state index in [2.05, 4.69) is 5.32 Å². The number of aromatic hydroxyl groups is 1. The van der Waals surface area contributed by atoms with Crippen LogP contribution in [0.3, 0.4) is 0 Å². The number of benzene rings is 3. The molecule has 1 heterocycles. The average molecular weight is 389 g/mol. The number of sulfone groups is 1. The molecule has 0 bridgehead atoms. The Morgan fingerprint density at radius 2 is 1.57 bits per heavy atom. The molecule has 5 nitrogen and oxygen atoms in total. The summed E-state index contributed by atoms with van der Waals surface area (Å²) in [5.74, 6) is -0.369. The van der Waals surface area contributed by atoms with Crippen LogP contribution in [0.15, 0.2) is 83.3 Å². The van der Waals surface area contributed by atoms with Gasteiger partial charge in [-0.3, -0.25) is 4.79 Å². The number of ketones is 1. The first-order chi connectivity index (χ1) is 13.5. The standard InChI is InChI=1S/C22H15NO4S/c24-14-7-5-6-13(12-14)22-19-20(15-8-1-2-9-16(15)21(19)25)23-17-10-3-4-11-18(17)28(22,26)27/h1-12,22-24H. The second-order valence-electron chi connectivity index (χ2n) is 6.80. The predicted octanol–water partition coefficient (Wildman–Crippen LogP) is 3.94. The van der Waals surface area contributed by atoms with E-state index in [4.69, 9.17) is 0 Å². The molecule has 0 saturated carbocycles. The number of para-hydroxylation sites is 1. The Hall–Kier alpha value is -3.38. The normalized spacial score (nSPS) is 19.3. The van der Waals surface area contributed by atoms with Crippen molar-refractivity contribution in [3.05, 3.63) is 95.1 Å². The Bertz CT molecular complexity index is 1290. The summed E-state index contributed by atoms with van der Waals surface area (Å²) in [5, 5.41) is 11.9. The number of Topliss-reactive ketones (excluding diaryl/α,β-unsaturated/α-hetero) is 1. The maximum absolute atomic E-state index is 13.7. The van der Waals surface area contributed by atoms with Gasteiger partial charge in [0.05, 0.1) is 16.3 Å². The third-order valence-corrected chi connectivity index (χ3v) is 7.25. The first kappa shape index (κ1) is 16.8. The van der Waals surface area contributed by atoms with Crippen molar-refractivity contribution in [1.29, 1.82) is 0 Å². The van der Waals surface area contributed by atoms with Crippen LogP contribution >= 0.6 is 0 Å². The molecule has 1 aliphatic carbocycles. The Balaban J connectivity index is 1.88. The highest BCUT2D eigenvalue weighted by atomic mass is 32.2. The summed E-state index contributed by atoms with van der Waals surface area (Å²) in [6.45, 7) is 0. The molecule has 2 aliphatic rings. The van der Waals surface area contributed by atoms with Crippen molar-refractivity contribution in [2.24, 2.45) is 0 Å². The number of rotatable bonds is 1. The van der Waals surface area contributed by atoms with Crippen LogP contribution in [0.5, 0.6) is 5.75 Å². The molecule has 1 atom stereocenters. The highest BCUT2D eigenvalue weighted by Gasteiger charge is 2.45. The summed E-state index contributed by atoms with van der Waals surface area (Å²) >= 11 is 0. The summed E-state index contributed by atoms with van der Waals surface area (Å²) in [4.78, 5) is 13.4. The van der Waals surface area contributed by atoms with E-state index in [0.717, 1.165) is 0 Å².